The van der Waals surface area contributed by atoms with E-state index < -0.39 is 38.9 Å². The summed E-state index contributed by atoms with van der Waals surface area (Å²) in [5, 5.41) is 12.5. The molecule has 1 saturated heterocycles. The first-order valence-electron chi connectivity index (χ1n) is 21.7. The van der Waals surface area contributed by atoms with Crippen LogP contribution in [0.2, 0.25) is 0 Å². The zero-order valence-corrected chi connectivity index (χ0v) is 39.0. The Labute approximate surface area is 386 Å². The lowest BCUT2D eigenvalue weighted by molar-refractivity contribution is -0.213. The molecule has 16 nitrogen and oxygen atoms in total. The summed E-state index contributed by atoms with van der Waals surface area (Å²) in [5.41, 5.74) is 2.10. The van der Waals surface area contributed by atoms with Crippen molar-refractivity contribution in [3.05, 3.63) is 144 Å². The second kappa shape index (κ2) is 22.6. The van der Waals surface area contributed by atoms with Crippen LogP contribution in [0, 0.1) is 11.3 Å². The molecule has 66 heavy (non-hydrogen) atoms. The topological polar surface area (TPSA) is 174 Å². The Morgan fingerprint density at radius 2 is 1.41 bits per heavy atom. The molecule has 1 aliphatic heterocycles. The predicted octanol–water partition coefficient (Wildman–Crippen LogP) is 8.65. The van der Waals surface area contributed by atoms with Crippen molar-refractivity contribution in [1.82, 2.24) is 24.2 Å². The van der Waals surface area contributed by atoms with Gasteiger partial charge in [-0.3, -0.25) is 9.36 Å². The maximum atomic E-state index is 13.4. The number of fused-ring (bicyclic) bond motifs is 1. The lowest BCUT2D eigenvalue weighted by Crippen LogP contribution is -2.45. The molecule has 1 aliphatic rings. The molecule has 6 aromatic rings. The fourth-order valence-corrected chi connectivity index (χ4v) is 9.71. The molecule has 2 aromatic heterocycles. The van der Waals surface area contributed by atoms with Crippen molar-refractivity contribution >= 4 is 31.4 Å². The van der Waals surface area contributed by atoms with Crippen molar-refractivity contribution in [1.29, 1.82) is 5.26 Å². The lowest BCUT2D eigenvalue weighted by Gasteiger charge is -2.41. The van der Waals surface area contributed by atoms with Gasteiger partial charge in [0.05, 0.1) is 52.9 Å². The minimum atomic E-state index is -1.88. The van der Waals surface area contributed by atoms with Crippen molar-refractivity contribution in [2.45, 2.75) is 76.5 Å². The third kappa shape index (κ3) is 10.5. The number of ether oxygens (including phenoxy) is 6. The van der Waals surface area contributed by atoms with Gasteiger partial charge in [0, 0.05) is 24.8 Å². The van der Waals surface area contributed by atoms with E-state index in [0.29, 0.717) is 28.2 Å². The van der Waals surface area contributed by atoms with Gasteiger partial charge >= 0.3 is 0 Å². The normalized spacial score (nSPS) is 17.9. The molecule has 3 heterocycles. The molecule has 7 rings (SSSR count). The van der Waals surface area contributed by atoms with E-state index in [1.54, 1.807) is 56.5 Å². The molecule has 0 saturated carbocycles. The SMILES string of the molecule is COCCO[C@H]1C(OP(OCCC#N)N(C(C)C)C(C)C)C(OC(c2ccccc2)(c2ccc(OC)cc2)c2ccc(OC)cc2)OC1n1cnc2c(NC(=O)c3ccccc3)ncnc21. The van der Waals surface area contributed by atoms with Crippen LogP contribution in [-0.2, 0) is 33.6 Å². The largest absolute Gasteiger partial charge is 0.497 e. The van der Waals surface area contributed by atoms with Crippen LogP contribution >= 0.6 is 8.53 Å². The van der Waals surface area contributed by atoms with Gasteiger partial charge in [-0.1, -0.05) is 72.8 Å². The van der Waals surface area contributed by atoms with E-state index in [0.717, 1.165) is 16.7 Å². The molecule has 17 heteroatoms. The number of benzene rings is 4. The number of methoxy groups -OCH3 is 3. The third-order valence-electron chi connectivity index (χ3n) is 11.0. The summed E-state index contributed by atoms with van der Waals surface area (Å²) in [7, 11) is 2.96. The Hall–Kier alpha value is -5.86. The van der Waals surface area contributed by atoms with Gasteiger partial charge in [-0.05, 0) is 80.8 Å². The summed E-state index contributed by atoms with van der Waals surface area (Å²) in [6.07, 6.45) is -1.02. The van der Waals surface area contributed by atoms with Crippen molar-refractivity contribution in [2.24, 2.45) is 0 Å². The molecular formula is C49H56N7O9P. The van der Waals surface area contributed by atoms with Crippen LogP contribution in [0.15, 0.2) is 122 Å². The van der Waals surface area contributed by atoms with E-state index in [9.17, 15) is 10.1 Å². The molecule has 0 radical (unpaired) electrons. The Kier molecular flexibility index (Phi) is 16.4. The highest BCUT2D eigenvalue weighted by molar-refractivity contribution is 7.44. The summed E-state index contributed by atoms with van der Waals surface area (Å²) in [6.45, 7) is 8.81. The highest BCUT2D eigenvalue weighted by Gasteiger charge is 2.54. The van der Waals surface area contributed by atoms with Crippen LogP contribution in [0.5, 0.6) is 11.5 Å². The Bertz CT molecular complexity index is 2450. The third-order valence-corrected chi connectivity index (χ3v) is 13.1. The number of hydrogen-bond donors (Lipinski definition) is 1. The Morgan fingerprint density at radius 1 is 0.803 bits per heavy atom. The number of rotatable bonds is 22. The van der Waals surface area contributed by atoms with Gasteiger partial charge in [-0.15, -0.1) is 0 Å². The first-order valence-corrected chi connectivity index (χ1v) is 22.8. The minimum absolute atomic E-state index is 0.0237. The number of carbonyl (C=O) groups is 1. The number of amides is 1. The summed E-state index contributed by atoms with van der Waals surface area (Å²) in [4.78, 5) is 27.2. The zero-order valence-electron chi connectivity index (χ0n) is 38.1. The van der Waals surface area contributed by atoms with Gasteiger partial charge in [-0.25, -0.2) is 19.6 Å². The molecule has 0 bridgehead atoms. The molecule has 4 unspecified atom stereocenters. The lowest BCUT2D eigenvalue weighted by atomic mass is 9.80. The van der Waals surface area contributed by atoms with E-state index >= 15 is 0 Å². The first-order chi connectivity index (χ1) is 32.1. The number of aromatic nitrogens is 4. The molecule has 0 aliphatic carbocycles. The maximum absolute atomic E-state index is 13.4. The Morgan fingerprint density at radius 3 is 1.98 bits per heavy atom. The highest BCUT2D eigenvalue weighted by atomic mass is 31.2. The molecule has 1 amide bonds. The van der Waals surface area contributed by atoms with Gasteiger partial charge in [-0.2, -0.15) is 5.26 Å². The van der Waals surface area contributed by atoms with Gasteiger partial charge in [0.2, 0.25) is 0 Å². The molecule has 346 valence electrons. The number of imidazole rings is 1. The molecule has 0 spiro atoms. The van der Waals surface area contributed by atoms with Crippen LogP contribution in [0.1, 0.15) is 67.4 Å². The summed E-state index contributed by atoms with van der Waals surface area (Å²) in [6, 6.07) is 36.3. The van der Waals surface area contributed by atoms with Crippen molar-refractivity contribution in [2.75, 3.05) is 46.5 Å². The monoisotopic (exact) mass is 917 g/mol. The summed E-state index contributed by atoms with van der Waals surface area (Å²) < 4.78 is 56.0. The summed E-state index contributed by atoms with van der Waals surface area (Å²) in [5.74, 6) is 1.18. The van der Waals surface area contributed by atoms with Crippen molar-refractivity contribution in [3.63, 3.8) is 0 Å². The standard InChI is InChI=1S/C49H56N7O9P/c1-33(2)56(34(3)4)66(62-28-14-27-50)65-43-42(61-30-29-58-5)47(55-32-53-41-44(51-31-52-45(41)55)54-46(57)35-15-10-8-11-16-35)63-48(43)64-49(36-17-12-9-13-18-36,37-19-23-39(59-6)24-20-37)38-21-25-40(60-7)26-22-38/h8-13,15-26,31-34,42-43,47-48H,14,28-30H2,1-7H3,(H,51,52,54,57)/t42-,43?,47?,48?,66?/m0/s1. The van der Waals surface area contributed by atoms with Gasteiger partial charge in [0.15, 0.2) is 29.5 Å². The Balaban J connectivity index is 1.42. The van der Waals surface area contributed by atoms with Gasteiger partial charge in [0.1, 0.15) is 35.6 Å². The number of carbonyl (C=O) groups excluding carboxylic acids is 1. The highest BCUT2D eigenvalue weighted by Crippen LogP contribution is 2.53. The smallest absolute Gasteiger partial charge is 0.259 e. The van der Waals surface area contributed by atoms with Crippen LogP contribution in [0.3, 0.4) is 0 Å². The van der Waals surface area contributed by atoms with Gasteiger partial charge in [0.25, 0.3) is 14.4 Å². The van der Waals surface area contributed by atoms with E-state index in [1.165, 1.54) is 6.33 Å². The van der Waals surface area contributed by atoms with E-state index in [-0.39, 0.29) is 50.1 Å². The van der Waals surface area contributed by atoms with E-state index in [2.05, 4.69) is 53.7 Å². The predicted molar refractivity (Wildman–Crippen MR) is 249 cm³/mol. The average Bonchev–Trinajstić information content (AvgIpc) is 3.92. The zero-order chi connectivity index (χ0) is 46.6. The van der Waals surface area contributed by atoms with E-state index in [4.69, 9.17) is 42.5 Å². The molecular weight excluding hydrogens is 862 g/mol. The van der Waals surface area contributed by atoms with Crippen LogP contribution in [0.25, 0.3) is 11.2 Å². The fourth-order valence-electron chi connectivity index (χ4n) is 7.98. The van der Waals surface area contributed by atoms with Crippen LogP contribution in [-0.4, -0.2) is 102 Å². The quantitative estimate of drug-likeness (QED) is 0.0389. The second-order valence-electron chi connectivity index (χ2n) is 15.8. The van der Waals surface area contributed by atoms with Gasteiger partial charge < -0.3 is 42.8 Å². The fraction of sp³-hybridized carbons (Fsp3) is 0.367. The first kappa shape index (κ1) is 48.1. The number of nitrogens with one attached hydrogen (secondary N) is 1. The number of anilines is 1. The molecule has 1 fully saturated rings. The summed E-state index contributed by atoms with van der Waals surface area (Å²) >= 11 is 0. The molecule has 5 atom stereocenters. The van der Waals surface area contributed by atoms with Crippen molar-refractivity contribution in [3.8, 4) is 17.6 Å². The van der Waals surface area contributed by atoms with E-state index in [1.807, 2.05) is 84.9 Å². The number of hydrogen-bond acceptors (Lipinski definition) is 14. The maximum Gasteiger partial charge on any atom is 0.259 e. The molecule has 1 N–H and O–H groups in total. The van der Waals surface area contributed by atoms with Crippen molar-refractivity contribution < 1.29 is 42.3 Å². The average molecular weight is 918 g/mol. The second-order valence-corrected chi connectivity index (χ2v) is 17.2. The number of nitrogens with zero attached hydrogens (tertiary/aromatic N) is 6. The van der Waals surface area contributed by atoms with Crippen LogP contribution in [0.4, 0.5) is 5.82 Å². The minimum Gasteiger partial charge on any atom is -0.497 e. The number of nitriles is 1. The molecule has 4 aromatic carbocycles. The van der Waals surface area contributed by atoms with Crippen LogP contribution < -0.4 is 14.8 Å².